The molecule has 3 aromatic rings. The van der Waals surface area contributed by atoms with Crippen LogP contribution in [0.2, 0.25) is 10.0 Å². The van der Waals surface area contributed by atoms with E-state index < -0.39 is 17.7 Å². The molecule has 9 heteroatoms. The van der Waals surface area contributed by atoms with Crippen LogP contribution in [-0.4, -0.2) is 28.3 Å². The zero-order valence-electron chi connectivity index (χ0n) is 20.4. The topological polar surface area (TPSA) is 86.2 Å². The number of hydrogen-bond donors (Lipinski definition) is 0. The van der Waals surface area contributed by atoms with E-state index in [1.54, 1.807) is 42.7 Å². The van der Waals surface area contributed by atoms with E-state index >= 15 is 0 Å². The van der Waals surface area contributed by atoms with E-state index in [9.17, 15) is 14.7 Å². The number of ketones is 1. The second-order valence-corrected chi connectivity index (χ2v) is 8.84. The molecule has 1 unspecified atom stereocenters. The van der Waals surface area contributed by atoms with Crippen molar-refractivity contribution in [2.75, 3.05) is 11.4 Å². The number of nitrogens with zero attached hydrogens (tertiary/aromatic N) is 3. The Morgan fingerprint density at radius 3 is 2.25 bits per heavy atom. The molecule has 1 aromatic heterocycles. The van der Waals surface area contributed by atoms with Gasteiger partial charge in [-0.2, -0.15) is 0 Å². The van der Waals surface area contributed by atoms with Crippen molar-refractivity contribution < 1.29 is 44.3 Å². The minimum absolute atomic E-state index is 0. The predicted molar refractivity (Wildman–Crippen MR) is 138 cm³/mol. The van der Waals surface area contributed by atoms with Gasteiger partial charge in [0, 0.05) is 42.9 Å². The number of carboxylic acid groups (broad SMARTS) is 1. The number of allylic oxidation sites excluding steroid dienone is 1. The van der Waals surface area contributed by atoms with Crippen molar-refractivity contribution in [1.82, 2.24) is 9.97 Å². The maximum Gasteiger partial charge on any atom is 1.00 e. The maximum atomic E-state index is 12.6. The minimum Gasteiger partial charge on any atom is -0.550 e. The molecule has 0 bridgehead atoms. The van der Waals surface area contributed by atoms with Crippen LogP contribution in [0.15, 0.2) is 67.0 Å². The quantitative estimate of drug-likeness (QED) is 0.263. The molecule has 1 atom stereocenters. The molecule has 3 rings (SSSR count). The summed E-state index contributed by atoms with van der Waals surface area (Å²) in [5, 5.41) is 12.0. The van der Waals surface area contributed by atoms with Gasteiger partial charge in [-0.15, -0.1) is 0 Å². The molecule has 0 aliphatic rings. The number of benzene rings is 2. The van der Waals surface area contributed by atoms with Crippen molar-refractivity contribution in [2.24, 2.45) is 5.92 Å². The summed E-state index contributed by atoms with van der Waals surface area (Å²) < 4.78 is 0. The molecule has 0 radical (unpaired) electrons. The van der Waals surface area contributed by atoms with Crippen molar-refractivity contribution in [2.45, 2.75) is 32.6 Å². The monoisotopic (exact) mass is 533 g/mol. The largest absolute Gasteiger partial charge is 1.00 e. The first-order valence-electron chi connectivity index (χ1n) is 11.4. The van der Waals surface area contributed by atoms with Gasteiger partial charge in [0.2, 0.25) is 5.95 Å². The van der Waals surface area contributed by atoms with Crippen LogP contribution in [0, 0.1) is 5.92 Å². The summed E-state index contributed by atoms with van der Waals surface area (Å²) in [6, 6.07) is 14.3. The molecule has 1 heterocycles. The summed E-state index contributed by atoms with van der Waals surface area (Å²) in [4.78, 5) is 35.1. The van der Waals surface area contributed by atoms with Gasteiger partial charge < -0.3 is 14.8 Å². The average Bonchev–Trinajstić information content (AvgIpc) is 2.85. The molecule has 0 N–H and O–H groups in total. The molecule has 0 aliphatic heterocycles. The Morgan fingerprint density at radius 2 is 1.67 bits per heavy atom. The van der Waals surface area contributed by atoms with E-state index in [-0.39, 0.29) is 58.0 Å². The molecule has 0 saturated carbocycles. The number of carboxylic acids is 1. The Morgan fingerprint density at radius 1 is 1.03 bits per heavy atom. The zero-order chi connectivity index (χ0) is 25.2. The number of aliphatic carboxylic acids is 1. The van der Waals surface area contributed by atoms with E-state index in [2.05, 4.69) is 21.8 Å². The number of carbonyl (C=O) groups is 2. The van der Waals surface area contributed by atoms with Crippen LogP contribution in [0.1, 0.15) is 48.5 Å². The second-order valence-electron chi connectivity index (χ2n) is 8.02. The Bertz CT molecular complexity index is 1150. The number of aromatic nitrogens is 2. The third kappa shape index (κ3) is 8.43. The van der Waals surface area contributed by atoms with Crippen LogP contribution in [0.5, 0.6) is 0 Å². The molecule has 6 nitrogen and oxygen atoms in total. The Hall–Kier alpha value is -2.22. The number of rotatable bonds is 12. The summed E-state index contributed by atoms with van der Waals surface area (Å²) >= 11 is 12.2. The third-order valence-electron chi connectivity index (χ3n) is 5.47. The predicted octanol–water partition coefficient (Wildman–Crippen LogP) is 2.77. The molecule has 0 fully saturated rings. The van der Waals surface area contributed by atoms with Gasteiger partial charge in [-0.3, -0.25) is 4.79 Å². The number of unbranched alkanes of at least 4 members (excludes halogenated alkanes) is 1. The summed E-state index contributed by atoms with van der Waals surface area (Å²) in [6.45, 7) is 2.93. The summed E-state index contributed by atoms with van der Waals surface area (Å²) in [5.41, 5.74) is 2.00. The van der Waals surface area contributed by atoms with Crippen LogP contribution in [-0.2, 0) is 4.79 Å². The summed E-state index contributed by atoms with van der Waals surface area (Å²) in [5.74, 6) is -2.08. The third-order valence-corrected chi connectivity index (χ3v) is 6.10. The van der Waals surface area contributed by atoms with Gasteiger partial charge in [0.25, 0.3) is 0 Å². The molecule has 0 aliphatic carbocycles. The number of Topliss-reactive ketones (excluding diaryl/α,β-unsaturated/α-hetero) is 1. The van der Waals surface area contributed by atoms with E-state index in [0.717, 1.165) is 30.6 Å². The van der Waals surface area contributed by atoms with Gasteiger partial charge in [-0.05, 0) is 48.7 Å². The number of carbonyl (C=O) groups excluding carboxylic acids is 2. The molecule has 182 valence electrons. The van der Waals surface area contributed by atoms with Gasteiger partial charge in [0.05, 0.1) is 15.6 Å². The van der Waals surface area contributed by atoms with Crippen molar-refractivity contribution in [3.8, 4) is 0 Å². The Labute approximate surface area is 243 Å². The molecular formula is C27H26Cl2N3NaO3. The fourth-order valence-corrected chi connectivity index (χ4v) is 4.19. The molecular weight excluding hydrogens is 508 g/mol. The molecule has 36 heavy (non-hydrogen) atoms. The van der Waals surface area contributed by atoms with Gasteiger partial charge in [0.1, 0.15) is 0 Å². The fourth-order valence-electron chi connectivity index (χ4n) is 3.58. The van der Waals surface area contributed by atoms with Crippen molar-refractivity contribution >= 4 is 52.7 Å². The number of hydrogen-bond acceptors (Lipinski definition) is 6. The van der Waals surface area contributed by atoms with Crippen LogP contribution in [0.4, 0.5) is 11.6 Å². The van der Waals surface area contributed by atoms with Gasteiger partial charge in [-0.1, -0.05) is 66.9 Å². The first kappa shape index (κ1) is 30.0. The average molecular weight is 534 g/mol. The van der Waals surface area contributed by atoms with Crippen molar-refractivity contribution in [3.05, 3.63) is 88.2 Å². The maximum absolute atomic E-state index is 12.6. The summed E-state index contributed by atoms with van der Waals surface area (Å²) in [6.07, 6.45) is 8.93. The number of halogens is 2. The molecule has 0 saturated heterocycles. The van der Waals surface area contributed by atoms with E-state index in [0.29, 0.717) is 5.95 Å². The zero-order valence-corrected chi connectivity index (χ0v) is 23.9. The molecule has 2 aromatic carbocycles. The van der Waals surface area contributed by atoms with E-state index in [1.165, 1.54) is 0 Å². The smallest absolute Gasteiger partial charge is 0.550 e. The standard InChI is InChI=1S/C27H27Cl2N3O3.Na/c1-2-3-17-32(27-30-15-6-16-31-27)21-13-11-19(12-14-21)7-4-8-20(26(34)35)18-24(33)25-22(28)9-5-10-23(25)29;/h4-7,9-16,20H,2-3,8,17-18H2,1H3,(H,34,35);/q;+1/p-1/b7-4+;. The Balaban J connectivity index is 0.00000456. The fraction of sp³-hybridized carbons (Fsp3) is 0.259. The van der Waals surface area contributed by atoms with Crippen LogP contribution in [0.25, 0.3) is 6.08 Å². The minimum atomic E-state index is -1.30. The van der Waals surface area contributed by atoms with Crippen molar-refractivity contribution in [1.29, 1.82) is 0 Å². The van der Waals surface area contributed by atoms with Crippen LogP contribution < -0.4 is 39.6 Å². The first-order valence-corrected chi connectivity index (χ1v) is 12.2. The van der Waals surface area contributed by atoms with E-state index in [4.69, 9.17) is 23.2 Å². The van der Waals surface area contributed by atoms with Crippen LogP contribution in [0.3, 0.4) is 0 Å². The SMILES string of the molecule is CCCCN(c1ccc(/C=C/CC(CC(=O)c2c(Cl)cccc2Cl)C(=O)[O-])cc1)c1ncccn1.[Na+]. The van der Waals surface area contributed by atoms with E-state index in [1.807, 2.05) is 30.3 Å². The van der Waals surface area contributed by atoms with Gasteiger partial charge in [0.15, 0.2) is 5.78 Å². The van der Waals surface area contributed by atoms with Gasteiger partial charge >= 0.3 is 29.6 Å². The van der Waals surface area contributed by atoms with Crippen LogP contribution >= 0.6 is 23.2 Å². The summed E-state index contributed by atoms with van der Waals surface area (Å²) in [7, 11) is 0. The normalized spacial score (nSPS) is 11.6. The molecule has 0 spiro atoms. The Kier molecular flexibility index (Phi) is 12.6. The first-order chi connectivity index (χ1) is 16.9. The second kappa shape index (κ2) is 15.1. The van der Waals surface area contributed by atoms with Gasteiger partial charge in [-0.25, -0.2) is 9.97 Å². The molecule has 0 amide bonds. The van der Waals surface area contributed by atoms with Crippen molar-refractivity contribution in [3.63, 3.8) is 0 Å². The number of anilines is 2.